The van der Waals surface area contributed by atoms with Gasteiger partial charge in [-0.05, 0) is 51.4 Å². The summed E-state index contributed by atoms with van der Waals surface area (Å²) in [5, 5.41) is 23.4. The molecule has 0 aromatic heterocycles. The average Bonchev–Trinajstić information content (AvgIpc) is 3.44. The molecule has 0 spiro atoms. The number of unbranched alkanes of at least 4 members (excludes halogenated alkanes) is 55. The van der Waals surface area contributed by atoms with Gasteiger partial charge in [0.25, 0.3) is 0 Å². The van der Waals surface area contributed by atoms with Crippen LogP contribution in [0, 0.1) is 0 Å². The Morgan fingerprint density at radius 1 is 0.346 bits per heavy atom. The lowest BCUT2D eigenvalue weighted by Gasteiger charge is -2.22. The van der Waals surface area contributed by atoms with Gasteiger partial charge in [-0.1, -0.05) is 360 Å². The van der Waals surface area contributed by atoms with Crippen LogP contribution in [0.15, 0.2) is 12.2 Å². The first-order chi connectivity index (χ1) is 38.5. The summed E-state index contributed by atoms with van der Waals surface area (Å²) >= 11 is 0. The Bertz CT molecular complexity index is 1180. The van der Waals surface area contributed by atoms with E-state index in [4.69, 9.17) is 4.74 Å². The summed E-state index contributed by atoms with van der Waals surface area (Å²) in [6.07, 6.45) is 84.0. The topological polar surface area (TPSA) is 95.9 Å². The fourth-order valence-electron chi connectivity index (χ4n) is 11.6. The smallest absolute Gasteiger partial charge is 0.305 e. The maximum atomic E-state index is 12.6. The number of ether oxygens (including phenoxy) is 1. The van der Waals surface area contributed by atoms with Gasteiger partial charge in [0.2, 0.25) is 5.91 Å². The largest absolute Gasteiger partial charge is 0.466 e. The van der Waals surface area contributed by atoms with Gasteiger partial charge in [-0.15, -0.1) is 0 Å². The van der Waals surface area contributed by atoms with E-state index >= 15 is 0 Å². The van der Waals surface area contributed by atoms with Gasteiger partial charge in [-0.25, -0.2) is 0 Å². The van der Waals surface area contributed by atoms with E-state index in [1.807, 2.05) is 0 Å². The highest BCUT2D eigenvalue weighted by Gasteiger charge is 2.20. The highest BCUT2D eigenvalue weighted by Crippen LogP contribution is 2.19. The third-order valence-corrected chi connectivity index (χ3v) is 17.1. The second-order valence-corrected chi connectivity index (χ2v) is 24.9. The van der Waals surface area contributed by atoms with Gasteiger partial charge in [0.15, 0.2) is 0 Å². The van der Waals surface area contributed by atoms with Crippen LogP contribution in [-0.2, 0) is 14.3 Å². The Hall–Kier alpha value is -1.40. The number of hydrogen-bond donors (Lipinski definition) is 3. The van der Waals surface area contributed by atoms with Crippen molar-refractivity contribution in [2.75, 3.05) is 13.2 Å². The Morgan fingerprint density at radius 3 is 0.910 bits per heavy atom. The van der Waals surface area contributed by atoms with Crippen LogP contribution in [0.1, 0.15) is 412 Å². The first-order valence-corrected chi connectivity index (χ1v) is 35.9. The van der Waals surface area contributed by atoms with Crippen molar-refractivity contribution in [2.45, 2.75) is 424 Å². The summed E-state index contributed by atoms with van der Waals surface area (Å²) in [6, 6.07) is -0.543. The molecule has 0 bridgehead atoms. The molecular weight excluding hydrogens is 959 g/mol. The van der Waals surface area contributed by atoms with Crippen molar-refractivity contribution in [3.63, 3.8) is 0 Å². The van der Waals surface area contributed by atoms with Crippen LogP contribution in [0.25, 0.3) is 0 Å². The second kappa shape index (κ2) is 68.1. The quantitative estimate of drug-likeness (QED) is 0.0320. The average molecular weight is 1100 g/mol. The molecule has 0 radical (unpaired) electrons. The molecule has 6 nitrogen and oxygen atoms in total. The minimum Gasteiger partial charge on any atom is -0.466 e. The monoisotopic (exact) mass is 1100 g/mol. The lowest BCUT2D eigenvalue weighted by Crippen LogP contribution is -2.45. The number of amides is 1. The van der Waals surface area contributed by atoms with Gasteiger partial charge in [0.1, 0.15) is 0 Å². The standard InChI is InChI=1S/C72H141NO5/c1-3-5-7-9-11-13-15-17-19-21-22-23-24-25-27-30-33-36-40-44-48-52-56-60-64-70(75)69(68-74)73-71(76)65-61-57-53-49-45-41-37-34-31-28-26-29-32-35-39-43-47-51-55-59-63-67-78-72(77)66-62-58-54-50-46-42-38-20-18-16-14-12-10-8-6-4-2/h20,38,69-70,74-75H,3-19,21-37,39-68H2,1-2H3,(H,73,76)/b38-20-. The first kappa shape index (κ1) is 76.6. The van der Waals surface area contributed by atoms with Gasteiger partial charge in [0, 0.05) is 12.8 Å². The molecule has 2 unspecified atom stereocenters. The van der Waals surface area contributed by atoms with Crippen molar-refractivity contribution < 1.29 is 24.5 Å². The van der Waals surface area contributed by atoms with Gasteiger partial charge in [-0.2, -0.15) is 0 Å². The Kier molecular flexibility index (Phi) is 66.9. The molecule has 0 saturated carbocycles. The minimum absolute atomic E-state index is 0.00609. The molecule has 6 heteroatoms. The fraction of sp³-hybridized carbons (Fsp3) is 0.944. The molecule has 0 aliphatic heterocycles. The number of aliphatic hydroxyl groups excluding tert-OH is 2. The zero-order valence-corrected chi connectivity index (χ0v) is 53.2. The molecule has 464 valence electrons. The zero-order chi connectivity index (χ0) is 56.4. The first-order valence-electron chi connectivity index (χ1n) is 35.9. The van der Waals surface area contributed by atoms with Crippen LogP contribution < -0.4 is 5.32 Å². The normalized spacial score (nSPS) is 12.5. The molecule has 0 saturated heterocycles. The van der Waals surface area contributed by atoms with Crippen LogP contribution in [0.5, 0.6) is 0 Å². The van der Waals surface area contributed by atoms with E-state index in [1.54, 1.807) is 0 Å². The molecule has 0 fully saturated rings. The summed E-state index contributed by atoms with van der Waals surface area (Å²) in [5.74, 6) is -0.0245. The van der Waals surface area contributed by atoms with Crippen LogP contribution in [0.2, 0.25) is 0 Å². The highest BCUT2D eigenvalue weighted by atomic mass is 16.5. The third kappa shape index (κ3) is 63.8. The molecule has 2 atom stereocenters. The lowest BCUT2D eigenvalue weighted by atomic mass is 10.0. The SMILES string of the molecule is CCCCCCCCC/C=C\CCCCCCCC(=O)OCCCCCCCCCCCCCCCCCCCCCCCC(=O)NC(CO)C(O)CCCCCCCCCCCCCCCCCCCCCCCCCC. The number of esters is 1. The predicted octanol–water partition coefficient (Wildman–Crippen LogP) is 23.1. The third-order valence-electron chi connectivity index (χ3n) is 17.1. The minimum atomic E-state index is -0.666. The molecule has 0 aromatic carbocycles. The zero-order valence-electron chi connectivity index (χ0n) is 53.2. The molecular formula is C72H141NO5. The van der Waals surface area contributed by atoms with Crippen molar-refractivity contribution in [2.24, 2.45) is 0 Å². The molecule has 1 amide bonds. The summed E-state index contributed by atoms with van der Waals surface area (Å²) in [5.41, 5.74) is 0. The summed E-state index contributed by atoms with van der Waals surface area (Å²) in [4.78, 5) is 24.6. The predicted molar refractivity (Wildman–Crippen MR) is 343 cm³/mol. The molecule has 0 aromatic rings. The maximum absolute atomic E-state index is 12.6. The molecule has 3 N–H and O–H groups in total. The summed E-state index contributed by atoms with van der Waals surface area (Å²) < 4.78 is 5.49. The van der Waals surface area contributed by atoms with Gasteiger partial charge >= 0.3 is 5.97 Å². The van der Waals surface area contributed by atoms with E-state index in [0.717, 1.165) is 44.9 Å². The van der Waals surface area contributed by atoms with E-state index in [1.165, 1.54) is 334 Å². The van der Waals surface area contributed by atoms with Crippen LogP contribution >= 0.6 is 0 Å². The maximum Gasteiger partial charge on any atom is 0.305 e. The van der Waals surface area contributed by atoms with E-state index in [0.29, 0.717) is 25.9 Å². The summed E-state index contributed by atoms with van der Waals surface area (Å²) in [7, 11) is 0. The molecule has 78 heavy (non-hydrogen) atoms. The molecule has 0 heterocycles. The highest BCUT2D eigenvalue weighted by molar-refractivity contribution is 5.76. The van der Waals surface area contributed by atoms with Gasteiger partial charge in [0.05, 0.1) is 25.4 Å². The van der Waals surface area contributed by atoms with Crippen LogP contribution in [0.4, 0.5) is 0 Å². The Morgan fingerprint density at radius 2 is 0.603 bits per heavy atom. The van der Waals surface area contributed by atoms with E-state index in [9.17, 15) is 19.8 Å². The number of aliphatic hydroxyl groups is 2. The fourth-order valence-corrected chi connectivity index (χ4v) is 11.6. The number of nitrogens with one attached hydrogen (secondary N) is 1. The van der Waals surface area contributed by atoms with E-state index in [-0.39, 0.29) is 18.5 Å². The summed E-state index contributed by atoms with van der Waals surface area (Å²) in [6.45, 7) is 4.99. The Labute approximate surface area is 489 Å². The number of allylic oxidation sites excluding steroid dienone is 2. The van der Waals surface area contributed by atoms with Gasteiger partial charge < -0.3 is 20.3 Å². The number of carbonyl (C=O) groups excluding carboxylic acids is 2. The Balaban J connectivity index is 3.38. The van der Waals surface area contributed by atoms with Crippen molar-refractivity contribution in [1.29, 1.82) is 0 Å². The number of hydrogen-bond acceptors (Lipinski definition) is 5. The second-order valence-electron chi connectivity index (χ2n) is 24.9. The van der Waals surface area contributed by atoms with Crippen LogP contribution in [0.3, 0.4) is 0 Å². The van der Waals surface area contributed by atoms with Crippen LogP contribution in [-0.4, -0.2) is 47.4 Å². The van der Waals surface area contributed by atoms with Crippen molar-refractivity contribution >= 4 is 11.9 Å². The number of carbonyl (C=O) groups is 2. The van der Waals surface area contributed by atoms with Gasteiger partial charge in [-0.3, -0.25) is 9.59 Å². The van der Waals surface area contributed by atoms with Crippen molar-refractivity contribution in [3.05, 3.63) is 12.2 Å². The van der Waals surface area contributed by atoms with Crippen molar-refractivity contribution in [1.82, 2.24) is 5.32 Å². The van der Waals surface area contributed by atoms with E-state index in [2.05, 4.69) is 31.3 Å². The lowest BCUT2D eigenvalue weighted by molar-refractivity contribution is -0.143. The molecule has 0 rings (SSSR count). The number of rotatable bonds is 68. The van der Waals surface area contributed by atoms with E-state index < -0.39 is 12.1 Å². The molecule has 0 aliphatic rings. The van der Waals surface area contributed by atoms with Crippen molar-refractivity contribution in [3.8, 4) is 0 Å². The molecule has 0 aliphatic carbocycles.